The Kier molecular flexibility index (Phi) is 3.28. The van der Waals surface area contributed by atoms with Gasteiger partial charge in [-0.25, -0.2) is 4.98 Å². The van der Waals surface area contributed by atoms with E-state index in [0.29, 0.717) is 25.1 Å². The minimum Gasteiger partial charge on any atom is -0.393 e. The maximum absolute atomic E-state index is 12.2. The van der Waals surface area contributed by atoms with E-state index in [-0.39, 0.29) is 23.7 Å². The Bertz CT molecular complexity index is 422. The molecule has 1 amide bonds. The number of nitrogens with zero attached hydrogens (tertiary/aromatic N) is 2. The van der Waals surface area contributed by atoms with Gasteiger partial charge >= 0.3 is 0 Å². The molecule has 0 bridgehead atoms. The molecule has 1 aliphatic heterocycles. The molecule has 1 aliphatic rings. The van der Waals surface area contributed by atoms with Crippen molar-refractivity contribution in [2.45, 2.75) is 19.4 Å². The van der Waals surface area contributed by atoms with E-state index in [4.69, 9.17) is 5.73 Å². The number of anilines is 1. The number of carbonyl (C=O) groups is 1. The van der Waals surface area contributed by atoms with Gasteiger partial charge < -0.3 is 15.7 Å². The summed E-state index contributed by atoms with van der Waals surface area (Å²) >= 11 is 0. The number of carbonyl (C=O) groups excluding carboxylic acids is 1. The van der Waals surface area contributed by atoms with Gasteiger partial charge in [-0.3, -0.25) is 4.79 Å². The third-order valence-corrected chi connectivity index (χ3v) is 3.22. The normalized spacial score (nSPS) is 24.7. The quantitative estimate of drug-likeness (QED) is 0.743. The lowest BCUT2D eigenvalue weighted by Gasteiger charge is -2.34. The lowest BCUT2D eigenvalue weighted by atomic mass is 9.96. The van der Waals surface area contributed by atoms with E-state index < -0.39 is 0 Å². The fourth-order valence-electron chi connectivity index (χ4n) is 2.09. The van der Waals surface area contributed by atoms with Crippen LogP contribution in [0.25, 0.3) is 0 Å². The van der Waals surface area contributed by atoms with Gasteiger partial charge in [0, 0.05) is 19.3 Å². The van der Waals surface area contributed by atoms with E-state index in [1.54, 1.807) is 23.2 Å². The number of pyridine rings is 1. The summed E-state index contributed by atoms with van der Waals surface area (Å²) in [6.45, 7) is 3.07. The second-order valence-electron chi connectivity index (χ2n) is 4.52. The van der Waals surface area contributed by atoms with Crippen LogP contribution in [0, 0.1) is 5.92 Å². The molecule has 1 aromatic heterocycles. The largest absolute Gasteiger partial charge is 0.393 e. The maximum atomic E-state index is 12.2. The summed E-state index contributed by atoms with van der Waals surface area (Å²) in [6.07, 6.45) is 1.87. The van der Waals surface area contributed by atoms with E-state index in [2.05, 4.69) is 4.98 Å². The summed E-state index contributed by atoms with van der Waals surface area (Å²) in [5.41, 5.74) is 6.12. The van der Waals surface area contributed by atoms with Gasteiger partial charge in [-0.1, -0.05) is 6.92 Å². The summed E-state index contributed by atoms with van der Waals surface area (Å²) in [6, 6.07) is 3.38. The monoisotopic (exact) mass is 235 g/mol. The number of amides is 1. The molecule has 92 valence electrons. The van der Waals surface area contributed by atoms with Crippen molar-refractivity contribution in [3.8, 4) is 0 Å². The Morgan fingerprint density at radius 2 is 2.41 bits per heavy atom. The average Bonchev–Trinajstić information content (AvgIpc) is 2.32. The molecule has 0 radical (unpaired) electrons. The average molecular weight is 235 g/mol. The second-order valence-corrected chi connectivity index (χ2v) is 4.52. The lowest BCUT2D eigenvalue weighted by Crippen LogP contribution is -2.45. The van der Waals surface area contributed by atoms with Crippen molar-refractivity contribution in [2.75, 3.05) is 18.8 Å². The van der Waals surface area contributed by atoms with Gasteiger partial charge in [0.15, 0.2) is 0 Å². The second kappa shape index (κ2) is 4.71. The molecule has 1 saturated heterocycles. The Hall–Kier alpha value is -1.62. The molecule has 0 spiro atoms. The highest BCUT2D eigenvalue weighted by molar-refractivity contribution is 5.98. The molecular weight excluding hydrogens is 218 g/mol. The topological polar surface area (TPSA) is 79.5 Å². The van der Waals surface area contributed by atoms with Gasteiger partial charge in [-0.2, -0.15) is 0 Å². The Morgan fingerprint density at radius 1 is 1.65 bits per heavy atom. The first-order valence-corrected chi connectivity index (χ1v) is 5.77. The van der Waals surface area contributed by atoms with Crippen LogP contribution in [-0.4, -0.2) is 40.1 Å². The zero-order chi connectivity index (χ0) is 12.4. The first kappa shape index (κ1) is 11.9. The van der Waals surface area contributed by atoms with Crippen LogP contribution in [0.4, 0.5) is 5.82 Å². The zero-order valence-electron chi connectivity index (χ0n) is 9.84. The molecule has 0 aliphatic carbocycles. The van der Waals surface area contributed by atoms with E-state index >= 15 is 0 Å². The molecule has 0 saturated carbocycles. The number of aliphatic hydroxyl groups is 1. The fraction of sp³-hybridized carbons (Fsp3) is 0.500. The van der Waals surface area contributed by atoms with Crippen molar-refractivity contribution >= 4 is 11.7 Å². The minimum atomic E-state index is -0.315. The number of piperidine rings is 1. The number of nitrogen functional groups attached to an aromatic ring is 1. The van der Waals surface area contributed by atoms with Crippen LogP contribution in [0.5, 0.6) is 0 Å². The van der Waals surface area contributed by atoms with Crippen molar-refractivity contribution in [3.63, 3.8) is 0 Å². The SMILES string of the molecule is CC1CN(C(=O)c2cccnc2N)CCC1O. The molecule has 3 N–H and O–H groups in total. The molecule has 0 aromatic carbocycles. The number of hydrogen-bond donors (Lipinski definition) is 2. The number of aliphatic hydroxyl groups excluding tert-OH is 1. The molecule has 2 rings (SSSR count). The van der Waals surface area contributed by atoms with E-state index in [1.165, 1.54) is 0 Å². The van der Waals surface area contributed by atoms with Crippen molar-refractivity contribution in [3.05, 3.63) is 23.9 Å². The highest BCUT2D eigenvalue weighted by Gasteiger charge is 2.28. The van der Waals surface area contributed by atoms with Crippen LogP contribution < -0.4 is 5.73 Å². The van der Waals surface area contributed by atoms with Gasteiger partial charge in [0.25, 0.3) is 5.91 Å². The van der Waals surface area contributed by atoms with Crippen LogP contribution >= 0.6 is 0 Å². The predicted molar refractivity (Wildman–Crippen MR) is 64.3 cm³/mol. The third-order valence-electron chi connectivity index (χ3n) is 3.22. The molecular formula is C12H17N3O2. The number of nitrogens with two attached hydrogens (primary N) is 1. The fourth-order valence-corrected chi connectivity index (χ4v) is 2.09. The minimum absolute atomic E-state index is 0.102. The smallest absolute Gasteiger partial charge is 0.257 e. The van der Waals surface area contributed by atoms with Crippen LogP contribution in [0.15, 0.2) is 18.3 Å². The van der Waals surface area contributed by atoms with Gasteiger partial charge in [0.1, 0.15) is 5.82 Å². The maximum Gasteiger partial charge on any atom is 0.257 e. The summed E-state index contributed by atoms with van der Waals surface area (Å²) < 4.78 is 0. The number of likely N-dealkylation sites (tertiary alicyclic amines) is 1. The number of aromatic nitrogens is 1. The Morgan fingerprint density at radius 3 is 3.06 bits per heavy atom. The molecule has 2 heterocycles. The number of rotatable bonds is 1. The molecule has 5 nitrogen and oxygen atoms in total. The first-order chi connectivity index (χ1) is 8.09. The van der Waals surface area contributed by atoms with Gasteiger partial charge in [0.05, 0.1) is 11.7 Å². The molecule has 17 heavy (non-hydrogen) atoms. The zero-order valence-corrected chi connectivity index (χ0v) is 9.84. The van der Waals surface area contributed by atoms with Crippen molar-refractivity contribution in [1.29, 1.82) is 0 Å². The van der Waals surface area contributed by atoms with Crippen molar-refractivity contribution < 1.29 is 9.90 Å². The van der Waals surface area contributed by atoms with Crippen LogP contribution in [0.3, 0.4) is 0 Å². The van der Waals surface area contributed by atoms with Crippen LogP contribution in [-0.2, 0) is 0 Å². The highest BCUT2D eigenvalue weighted by Crippen LogP contribution is 2.20. The summed E-state index contributed by atoms with van der Waals surface area (Å²) in [5.74, 6) is 0.260. The lowest BCUT2D eigenvalue weighted by molar-refractivity contribution is 0.0298. The molecule has 2 unspecified atom stereocenters. The predicted octanol–water partition coefficient (Wildman–Crippen LogP) is 0.507. The van der Waals surface area contributed by atoms with E-state index in [0.717, 1.165) is 0 Å². The van der Waals surface area contributed by atoms with E-state index in [9.17, 15) is 9.90 Å². The summed E-state index contributed by atoms with van der Waals surface area (Å²) in [4.78, 5) is 17.8. The van der Waals surface area contributed by atoms with Crippen LogP contribution in [0.1, 0.15) is 23.7 Å². The van der Waals surface area contributed by atoms with Crippen molar-refractivity contribution in [2.24, 2.45) is 5.92 Å². The Labute approximate surface area is 100 Å². The van der Waals surface area contributed by atoms with E-state index in [1.807, 2.05) is 6.92 Å². The molecule has 1 aromatic rings. The van der Waals surface area contributed by atoms with Gasteiger partial charge in [-0.05, 0) is 24.5 Å². The van der Waals surface area contributed by atoms with Gasteiger partial charge in [0.2, 0.25) is 0 Å². The molecule has 2 atom stereocenters. The molecule has 5 heteroatoms. The summed E-state index contributed by atoms with van der Waals surface area (Å²) in [5, 5.41) is 9.63. The molecule has 1 fully saturated rings. The highest BCUT2D eigenvalue weighted by atomic mass is 16.3. The van der Waals surface area contributed by atoms with Gasteiger partial charge in [-0.15, -0.1) is 0 Å². The third kappa shape index (κ3) is 2.39. The number of hydrogen-bond acceptors (Lipinski definition) is 4. The first-order valence-electron chi connectivity index (χ1n) is 5.77. The summed E-state index contributed by atoms with van der Waals surface area (Å²) in [7, 11) is 0. The van der Waals surface area contributed by atoms with Crippen molar-refractivity contribution in [1.82, 2.24) is 9.88 Å². The van der Waals surface area contributed by atoms with Crippen LogP contribution in [0.2, 0.25) is 0 Å². The standard InChI is InChI=1S/C12H17N3O2/c1-8-7-15(6-4-10(8)16)12(17)9-3-2-5-14-11(9)13/h2-3,5,8,10,16H,4,6-7H2,1H3,(H2,13,14). The Balaban J connectivity index is 2.14.